The summed E-state index contributed by atoms with van der Waals surface area (Å²) in [5, 5.41) is 14.3. The number of fused-ring (bicyclic) bond motifs is 1. The van der Waals surface area contributed by atoms with Crippen LogP contribution in [-0.2, 0) is 9.59 Å². The molecule has 32 heavy (non-hydrogen) atoms. The van der Waals surface area contributed by atoms with Gasteiger partial charge >= 0.3 is 5.97 Å². The summed E-state index contributed by atoms with van der Waals surface area (Å²) in [7, 11) is 0. The van der Waals surface area contributed by atoms with Gasteiger partial charge in [0.15, 0.2) is 0 Å². The second-order valence-corrected chi connectivity index (χ2v) is 7.48. The van der Waals surface area contributed by atoms with Crippen LogP contribution in [-0.4, -0.2) is 42.6 Å². The number of rotatable bonds is 6. The molecular weight excluding hydrogens is 412 g/mol. The average Bonchev–Trinajstić information content (AvgIpc) is 2.78. The van der Waals surface area contributed by atoms with Crippen molar-refractivity contribution < 1.29 is 29.0 Å². The Kier molecular flexibility index (Phi) is 6.95. The Morgan fingerprint density at radius 1 is 1.06 bits per heavy atom. The maximum absolute atomic E-state index is 13.0. The number of nitrogens with one attached hydrogen (secondary N) is 2. The quantitative estimate of drug-likeness (QED) is 0.472. The van der Waals surface area contributed by atoms with Crippen molar-refractivity contribution in [2.75, 3.05) is 25.1 Å². The van der Waals surface area contributed by atoms with E-state index < -0.39 is 17.8 Å². The fraction of sp³-hybridized carbons (Fsp3) is 0.292. The molecule has 2 aromatic carbocycles. The van der Waals surface area contributed by atoms with Crippen LogP contribution >= 0.6 is 0 Å². The minimum atomic E-state index is -0.426. The SMILES string of the molecule is CC(=O)Oc1c(C)c(C)c2c(c1C)C=C(C(=O)Nc1ccccc1C(=O)NCCO)CO2. The van der Waals surface area contributed by atoms with Crippen molar-refractivity contribution in [2.45, 2.75) is 27.7 Å². The summed E-state index contributed by atoms with van der Waals surface area (Å²) in [5.74, 6) is -0.130. The summed E-state index contributed by atoms with van der Waals surface area (Å²) in [4.78, 5) is 36.9. The van der Waals surface area contributed by atoms with Crippen LogP contribution in [0.5, 0.6) is 11.5 Å². The predicted molar refractivity (Wildman–Crippen MR) is 120 cm³/mol. The van der Waals surface area contributed by atoms with Gasteiger partial charge in [-0.1, -0.05) is 12.1 Å². The number of carbonyl (C=O) groups is 3. The summed E-state index contributed by atoms with van der Waals surface area (Å²) in [6.45, 7) is 6.87. The largest absolute Gasteiger partial charge is 0.488 e. The lowest BCUT2D eigenvalue weighted by Crippen LogP contribution is -2.28. The first-order chi connectivity index (χ1) is 15.2. The number of esters is 1. The van der Waals surface area contributed by atoms with Crippen molar-refractivity contribution in [1.29, 1.82) is 0 Å². The maximum Gasteiger partial charge on any atom is 0.308 e. The number of aliphatic hydroxyl groups excluding tert-OH is 1. The van der Waals surface area contributed by atoms with Crippen molar-refractivity contribution >= 4 is 29.5 Å². The zero-order valence-corrected chi connectivity index (χ0v) is 18.5. The first kappa shape index (κ1) is 23.0. The number of aliphatic hydroxyl groups is 1. The Hall–Kier alpha value is -3.65. The van der Waals surface area contributed by atoms with E-state index in [-0.39, 0.29) is 25.3 Å². The molecule has 0 radical (unpaired) electrons. The lowest BCUT2D eigenvalue weighted by atomic mass is 9.94. The molecule has 3 rings (SSSR count). The van der Waals surface area contributed by atoms with Crippen LogP contribution in [0.4, 0.5) is 5.69 Å². The van der Waals surface area contributed by atoms with E-state index in [1.807, 2.05) is 20.8 Å². The Labute approximate surface area is 186 Å². The lowest BCUT2D eigenvalue weighted by Gasteiger charge is -2.24. The molecule has 0 aliphatic carbocycles. The summed E-state index contributed by atoms with van der Waals surface area (Å²) in [5.41, 5.74) is 4.01. The van der Waals surface area contributed by atoms with Crippen LogP contribution in [0.2, 0.25) is 0 Å². The summed E-state index contributed by atoms with van der Waals surface area (Å²) in [6.07, 6.45) is 1.72. The molecule has 1 aliphatic rings. The van der Waals surface area contributed by atoms with E-state index in [1.54, 1.807) is 30.3 Å². The van der Waals surface area contributed by atoms with E-state index in [0.717, 1.165) is 11.1 Å². The third kappa shape index (κ3) is 4.65. The first-order valence-corrected chi connectivity index (χ1v) is 10.2. The smallest absolute Gasteiger partial charge is 0.308 e. The normalized spacial score (nSPS) is 12.2. The Morgan fingerprint density at radius 2 is 1.78 bits per heavy atom. The molecule has 1 heterocycles. The number of carbonyl (C=O) groups excluding carboxylic acids is 3. The Morgan fingerprint density at radius 3 is 2.47 bits per heavy atom. The molecule has 0 atom stereocenters. The van der Waals surface area contributed by atoms with E-state index in [1.165, 1.54) is 6.92 Å². The Balaban J connectivity index is 1.93. The van der Waals surface area contributed by atoms with Gasteiger partial charge in [-0.15, -0.1) is 0 Å². The molecule has 0 aromatic heterocycles. The van der Waals surface area contributed by atoms with E-state index in [0.29, 0.717) is 33.9 Å². The fourth-order valence-electron chi connectivity index (χ4n) is 3.53. The van der Waals surface area contributed by atoms with Crippen LogP contribution in [0, 0.1) is 20.8 Å². The molecule has 2 aromatic rings. The number of hydrogen-bond acceptors (Lipinski definition) is 6. The number of benzene rings is 2. The standard InChI is InChI=1S/C24H26N2O6/c1-13-14(2)22-19(15(3)21(13)32-16(4)28)11-17(12-31-22)23(29)26-20-8-6-5-7-18(20)24(30)25-9-10-27/h5-8,11,27H,9-10,12H2,1-4H3,(H,25,30)(H,26,29). The molecule has 0 bridgehead atoms. The molecule has 8 nitrogen and oxygen atoms in total. The minimum absolute atomic E-state index is 0.0599. The minimum Gasteiger partial charge on any atom is -0.488 e. The number of hydrogen-bond donors (Lipinski definition) is 3. The topological polar surface area (TPSA) is 114 Å². The summed E-state index contributed by atoms with van der Waals surface area (Å²) in [6, 6.07) is 6.61. The summed E-state index contributed by atoms with van der Waals surface area (Å²) < 4.78 is 11.3. The van der Waals surface area contributed by atoms with Crippen molar-refractivity contribution in [3.05, 3.63) is 57.7 Å². The highest BCUT2D eigenvalue weighted by Crippen LogP contribution is 2.41. The van der Waals surface area contributed by atoms with Gasteiger partial charge < -0.3 is 25.2 Å². The molecule has 0 spiro atoms. The number of para-hydroxylation sites is 1. The van der Waals surface area contributed by atoms with Crippen molar-refractivity contribution in [3.8, 4) is 11.5 Å². The van der Waals surface area contributed by atoms with Gasteiger partial charge in [0.1, 0.15) is 18.1 Å². The van der Waals surface area contributed by atoms with Gasteiger partial charge in [-0.05, 0) is 50.1 Å². The van der Waals surface area contributed by atoms with Crippen LogP contribution in [0.3, 0.4) is 0 Å². The number of amides is 2. The van der Waals surface area contributed by atoms with Gasteiger partial charge in [0.25, 0.3) is 11.8 Å². The van der Waals surface area contributed by atoms with E-state index in [2.05, 4.69) is 10.6 Å². The van der Waals surface area contributed by atoms with Gasteiger partial charge in [-0.2, -0.15) is 0 Å². The number of anilines is 1. The third-order valence-electron chi connectivity index (χ3n) is 5.28. The predicted octanol–water partition coefficient (Wildman–Crippen LogP) is 2.67. The third-order valence-corrected chi connectivity index (χ3v) is 5.28. The molecule has 2 amide bonds. The zero-order valence-electron chi connectivity index (χ0n) is 18.5. The van der Waals surface area contributed by atoms with Gasteiger partial charge in [0.2, 0.25) is 0 Å². The highest BCUT2D eigenvalue weighted by Gasteiger charge is 2.25. The molecule has 0 saturated heterocycles. The maximum atomic E-state index is 13.0. The van der Waals surface area contributed by atoms with Gasteiger partial charge in [0.05, 0.1) is 23.4 Å². The van der Waals surface area contributed by atoms with Crippen LogP contribution < -0.4 is 20.1 Å². The average molecular weight is 438 g/mol. The van der Waals surface area contributed by atoms with Crippen molar-refractivity contribution in [2.24, 2.45) is 0 Å². The van der Waals surface area contributed by atoms with Crippen LogP contribution in [0.25, 0.3) is 6.08 Å². The molecule has 0 unspecified atom stereocenters. The monoisotopic (exact) mass is 438 g/mol. The van der Waals surface area contributed by atoms with Gasteiger partial charge in [-0.3, -0.25) is 14.4 Å². The molecule has 1 aliphatic heterocycles. The molecular formula is C24H26N2O6. The van der Waals surface area contributed by atoms with E-state index in [4.69, 9.17) is 14.6 Å². The summed E-state index contributed by atoms with van der Waals surface area (Å²) >= 11 is 0. The second kappa shape index (κ2) is 9.65. The fourth-order valence-corrected chi connectivity index (χ4v) is 3.53. The molecule has 8 heteroatoms. The zero-order chi connectivity index (χ0) is 23.4. The molecule has 168 valence electrons. The van der Waals surface area contributed by atoms with Gasteiger partial charge in [-0.25, -0.2) is 0 Å². The van der Waals surface area contributed by atoms with Crippen molar-refractivity contribution in [1.82, 2.24) is 5.32 Å². The van der Waals surface area contributed by atoms with Crippen LogP contribution in [0.15, 0.2) is 29.8 Å². The van der Waals surface area contributed by atoms with E-state index in [9.17, 15) is 14.4 Å². The highest BCUT2D eigenvalue weighted by molar-refractivity contribution is 6.11. The first-order valence-electron chi connectivity index (χ1n) is 10.2. The molecule has 0 fully saturated rings. The Bertz CT molecular complexity index is 1120. The second-order valence-electron chi connectivity index (χ2n) is 7.48. The van der Waals surface area contributed by atoms with Gasteiger partial charge in [0, 0.05) is 24.6 Å². The molecule has 0 saturated carbocycles. The molecule has 3 N–H and O–H groups in total. The lowest BCUT2D eigenvalue weighted by molar-refractivity contribution is -0.132. The van der Waals surface area contributed by atoms with E-state index >= 15 is 0 Å². The number of ether oxygens (including phenoxy) is 2. The highest BCUT2D eigenvalue weighted by atomic mass is 16.5. The van der Waals surface area contributed by atoms with Crippen LogP contribution in [0.1, 0.15) is 39.5 Å². The van der Waals surface area contributed by atoms with Crippen molar-refractivity contribution in [3.63, 3.8) is 0 Å².